The highest BCUT2D eigenvalue weighted by molar-refractivity contribution is 7.99. The topological polar surface area (TPSA) is 53.4 Å². The van der Waals surface area contributed by atoms with Gasteiger partial charge in [0.05, 0.1) is 6.10 Å². The first-order valence-corrected chi connectivity index (χ1v) is 6.00. The average molecular weight is 227 g/mol. The molecule has 15 heavy (non-hydrogen) atoms. The predicted octanol–water partition coefficient (Wildman–Crippen LogP) is 1.86. The van der Waals surface area contributed by atoms with Gasteiger partial charge in [-0.2, -0.15) is 0 Å². The smallest absolute Gasteiger partial charge is 0.102 e. The van der Waals surface area contributed by atoms with E-state index in [4.69, 9.17) is 5.11 Å². The van der Waals surface area contributed by atoms with Crippen LogP contribution in [0.2, 0.25) is 0 Å². The van der Waals surface area contributed by atoms with E-state index in [0.717, 1.165) is 16.3 Å². The Hall–Kier alpha value is -0.580. The van der Waals surface area contributed by atoms with E-state index >= 15 is 0 Å². The molecule has 0 radical (unpaired) electrons. The van der Waals surface area contributed by atoms with Crippen molar-refractivity contribution in [2.75, 3.05) is 12.4 Å². The van der Waals surface area contributed by atoms with Gasteiger partial charge < -0.3 is 10.2 Å². The van der Waals surface area contributed by atoms with Gasteiger partial charge in [-0.15, -0.1) is 11.8 Å². The SMILES string of the molecule is CC(CO)CSc1ncccc1[C@H](C)O. The van der Waals surface area contributed by atoms with Crippen molar-refractivity contribution in [2.24, 2.45) is 5.92 Å². The third kappa shape index (κ3) is 3.81. The van der Waals surface area contributed by atoms with Crippen LogP contribution in [0.25, 0.3) is 0 Å². The van der Waals surface area contributed by atoms with Gasteiger partial charge in [-0.25, -0.2) is 4.98 Å². The first-order valence-electron chi connectivity index (χ1n) is 5.01. The molecule has 4 heteroatoms. The highest BCUT2D eigenvalue weighted by Crippen LogP contribution is 2.26. The summed E-state index contributed by atoms with van der Waals surface area (Å²) in [6.07, 6.45) is 1.23. The first kappa shape index (κ1) is 12.5. The molecule has 0 aliphatic rings. The molecule has 0 aliphatic heterocycles. The Morgan fingerprint density at radius 1 is 1.47 bits per heavy atom. The molecule has 1 aromatic rings. The van der Waals surface area contributed by atoms with Gasteiger partial charge in [-0.1, -0.05) is 13.0 Å². The van der Waals surface area contributed by atoms with E-state index in [1.165, 1.54) is 0 Å². The molecule has 84 valence electrons. The second-order valence-electron chi connectivity index (χ2n) is 3.67. The second kappa shape index (κ2) is 6.10. The lowest BCUT2D eigenvalue weighted by Gasteiger charge is -2.11. The maximum Gasteiger partial charge on any atom is 0.102 e. The summed E-state index contributed by atoms with van der Waals surface area (Å²) in [6, 6.07) is 3.70. The third-order valence-corrected chi connectivity index (χ3v) is 3.42. The maximum atomic E-state index is 9.52. The molecule has 0 bridgehead atoms. The molecule has 3 nitrogen and oxygen atoms in total. The number of nitrogens with zero attached hydrogens (tertiary/aromatic N) is 1. The molecule has 2 atom stereocenters. The van der Waals surface area contributed by atoms with Crippen molar-refractivity contribution in [1.82, 2.24) is 4.98 Å². The minimum absolute atomic E-state index is 0.184. The number of thioether (sulfide) groups is 1. The fourth-order valence-electron chi connectivity index (χ4n) is 1.12. The lowest BCUT2D eigenvalue weighted by molar-refractivity contribution is 0.195. The van der Waals surface area contributed by atoms with Crippen molar-refractivity contribution in [3.8, 4) is 0 Å². The summed E-state index contributed by atoms with van der Waals surface area (Å²) in [6.45, 7) is 3.90. The average Bonchev–Trinajstić information content (AvgIpc) is 2.26. The Bertz CT molecular complexity index is 304. The molecule has 0 fully saturated rings. The lowest BCUT2D eigenvalue weighted by atomic mass is 10.2. The van der Waals surface area contributed by atoms with Crippen LogP contribution < -0.4 is 0 Å². The van der Waals surface area contributed by atoms with E-state index in [-0.39, 0.29) is 12.5 Å². The van der Waals surface area contributed by atoms with Gasteiger partial charge in [0.25, 0.3) is 0 Å². The molecule has 1 rings (SSSR count). The minimum Gasteiger partial charge on any atom is -0.396 e. The van der Waals surface area contributed by atoms with E-state index in [9.17, 15) is 5.11 Å². The van der Waals surface area contributed by atoms with Crippen molar-refractivity contribution in [2.45, 2.75) is 25.0 Å². The zero-order chi connectivity index (χ0) is 11.3. The van der Waals surface area contributed by atoms with Crippen LogP contribution in [0.5, 0.6) is 0 Å². The fourth-order valence-corrected chi connectivity index (χ4v) is 2.20. The maximum absolute atomic E-state index is 9.52. The van der Waals surface area contributed by atoms with Gasteiger partial charge in [0.15, 0.2) is 0 Å². The fraction of sp³-hybridized carbons (Fsp3) is 0.545. The summed E-state index contributed by atoms with van der Waals surface area (Å²) < 4.78 is 0. The number of hydrogen-bond donors (Lipinski definition) is 2. The van der Waals surface area contributed by atoms with Crippen LogP contribution in [0.3, 0.4) is 0 Å². The zero-order valence-electron chi connectivity index (χ0n) is 9.05. The van der Waals surface area contributed by atoms with Crippen LogP contribution in [0, 0.1) is 5.92 Å². The van der Waals surface area contributed by atoms with E-state index in [1.807, 2.05) is 19.1 Å². The minimum atomic E-state index is -0.495. The predicted molar refractivity (Wildman–Crippen MR) is 61.8 cm³/mol. The molecule has 0 aliphatic carbocycles. The van der Waals surface area contributed by atoms with Gasteiger partial charge in [-0.3, -0.25) is 0 Å². The Kier molecular flexibility index (Phi) is 5.08. The van der Waals surface area contributed by atoms with Gasteiger partial charge in [-0.05, 0) is 18.9 Å². The Labute approximate surface area is 94.6 Å². The van der Waals surface area contributed by atoms with Crippen LogP contribution in [-0.2, 0) is 0 Å². The Morgan fingerprint density at radius 3 is 2.80 bits per heavy atom. The molecule has 1 aromatic heterocycles. The molecule has 0 spiro atoms. The van der Waals surface area contributed by atoms with Gasteiger partial charge >= 0.3 is 0 Å². The highest BCUT2D eigenvalue weighted by Gasteiger charge is 2.10. The Balaban J connectivity index is 2.67. The monoisotopic (exact) mass is 227 g/mol. The normalized spacial score (nSPS) is 14.9. The summed E-state index contributed by atoms with van der Waals surface area (Å²) in [5.74, 6) is 1.06. The van der Waals surface area contributed by atoms with Crippen molar-refractivity contribution < 1.29 is 10.2 Å². The largest absolute Gasteiger partial charge is 0.396 e. The van der Waals surface area contributed by atoms with E-state index in [0.29, 0.717) is 0 Å². The van der Waals surface area contributed by atoms with Gasteiger partial charge in [0.2, 0.25) is 0 Å². The van der Waals surface area contributed by atoms with Gasteiger partial charge in [0, 0.05) is 24.1 Å². The molecule has 1 unspecified atom stereocenters. The highest BCUT2D eigenvalue weighted by atomic mass is 32.2. The van der Waals surface area contributed by atoms with Crippen molar-refractivity contribution in [1.29, 1.82) is 0 Å². The number of hydrogen-bond acceptors (Lipinski definition) is 4. The van der Waals surface area contributed by atoms with Crippen LogP contribution in [0.15, 0.2) is 23.4 Å². The number of aliphatic hydroxyl groups is 2. The van der Waals surface area contributed by atoms with Crippen LogP contribution in [-0.4, -0.2) is 27.6 Å². The van der Waals surface area contributed by atoms with Crippen LogP contribution in [0.4, 0.5) is 0 Å². The van der Waals surface area contributed by atoms with E-state index in [1.54, 1.807) is 24.9 Å². The zero-order valence-corrected chi connectivity index (χ0v) is 9.87. The summed E-state index contributed by atoms with van der Waals surface area (Å²) in [5, 5.41) is 19.3. The third-order valence-electron chi connectivity index (χ3n) is 2.07. The Morgan fingerprint density at radius 2 is 2.20 bits per heavy atom. The molecule has 0 aromatic carbocycles. The molecule has 0 saturated carbocycles. The summed E-state index contributed by atoms with van der Waals surface area (Å²) in [4.78, 5) is 4.23. The second-order valence-corrected chi connectivity index (χ2v) is 4.68. The van der Waals surface area contributed by atoms with Gasteiger partial charge in [0.1, 0.15) is 5.03 Å². The number of aromatic nitrogens is 1. The van der Waals surface area contributed by atoms with Crippen LogP contribution >= 0.6 is 11.8 Å². The van der Waals surface area contributed by atoms with E-state index in [2.05, 4.69) is 4.98 Å². The molecule has 2 N–H and O–H groups in total. The first-order chi connectivity index (χ1) is 7.15. The summed E-state index contributed by atoms with van der Waals surface area (Å²) in [7, 11) is 0. The molecule has 0 amide bonds. The van der Waals surface area contributed by atoms with Crippen molar-refractivity contribution >= 4 is 11.8 Å². The number of aliphatic hydroxyl groups excluding tert-OH is 2. The lowest BCUT2D eigenvalue weighted by Crippen LogP contribution is -2.04. The number of pyridine rings is 1. The standard InChI is InChI=1S/C11H17NO2S/c1-8(6-13)7-15-11-10(9(2)14)4-3-5-12-11/h3-5,8-9,13-14H,6-7H2,1-2H3/t8?,9-/m0/s1. The summed E-state index contributed by atoms with van der Waals surface area (Å²) in [5.41, 5.74) is 0.854. The molecule has 0 saturated heterocycles. The van der Waals surface area contributed by atoms with E-state index < -0.39 is 6.10 Å². The molecular formula is C11H17NO2S. The summed E-state index contributed by atoms with van der Waals surface area (Å²) >= 11 is 1.58. The van der Waals surface area contributed by atoms with Crippen molar-refractivity contribution in [3.63, 3.8) is 0 Å². The quantitative estimate of drug-likeness (QED) is 0.754. The van der Waals surface area contributed by atoms with Crippen LogP contribution in [0.1, 0.15) is 25.5 Å². The number of rotatable bonds is 5. The molecule has 1 heterocycles. The molecular weight excluding hydrogens is 210 g/mol. The van der Waals surface area contributed by atoms with Crippen molar-refractivity contribution in [3.05, 3.63) is 23.9 Å².